The Labute approximate surface area is 653 Å². The number of aliphatic hydroxyl groups is 20. The lowest BCUT2D eigenvalue weighted by molar-refractivity contribution is -0.365. The molecule has 112 heavy (non-hydrogen) atoms. The number of rotatable bonds is 53. The Morgan fingerprint density at radius 2 is 0.589 bits per heavy atom. The van der Waals surface area contributed by atoms with Gasteiger partial charge in [-0.05, 0) is 12.8 Å². The molecule has 14 unspecified atom stereocenters. The second kappa shape index (κ2) is 51.5. The number of phosphoric ester groups is 1. The molecule has 5 heterocycles. The number of carbonyl (C=O) groups is 2. The minimum absolute atomic E-state index is 0.0150. The lowest BCUT2D eigenvalue weighted by atomic mass is 9.84. The molecule has 0 amide bonds. The third-order valence-corrected chi connectivity index (χ3v) is 22.4. The van der Waals surface area contributed by atoms with Crippen LogP contribution in [-0.4, -0.2) is 361 Å². The molecule has 1 saturated carbocycles. The van der Waals surface area contributed by atoms with Crippen molar-refractivity contribution in [2.24, 2.45) is 0 Å². The van der Waals surface area contributed by atoms with Gasteiger partial charge in [0.1, 0.15) is 165 Å². The van der Waals surface area contributed by atoms with Crippen LogP contribution < -0.4 is 0 Å². The molecule has 6 rings (SSSR count). The molecule has 0 spiro atoms. The molecule has 5 saturated heterocycles. The fourth-order valence-electron chi connectivity index (χ4n) is 14.3. The summed E-state index contributed by atoms with van der Waals surface area (Å²) in [4.78, 5) is 38.3. The summed E-state index contributed by atoms with van der Waals surface area (Å²) in [5, 5.41) is 217. The van der Waals surface area contributed by atoms with Crippen molar-refractivity contribution in [1.82, 2.24) is 0 Å². The minimum Gasteiger partial charge on any atom is -0.462 e. The van der Waals surface area contributed by atoms with Crippen LogP contribution in [0.1, 0.15) is 206 Å². The average Bonchev–Trinajstić information content (AvgIpc) is 0.759. The van der Waals surface area contributed by atoms with Crippen LogP contribution in [0, 0.1) is 0 Å². The van der Waals surface area contributed by atoms with Crippen LogP contribution in [0.3, 0.4) is 0 Å². The van der Waals surface area contributed by atoms with Crippen molar-refractivity contribution in [2.75, 3.05) is 46.2 Å². The first-order valence-electron chi connectivity index (χ1n) is 40.4. The zero-order chi connectivity index (χ0) is 82.2. The van der Waals surface area contributed by atoms with E-state index in [1.54, 1.807) is 0 Å². The molecule has 33 atom stereocenters. The van der Waals surface area contributed by atoms with E-state index in [4.69, 9.17) is 65.9 Å². The molecule has 38 nitrogen and oxygen atoms in total. The van der Waals surface area contributed by atoms with E-state index in [2.05, 4.69) is 13.8 Å². The second-order valence-electron chi connectivity index (χ2n) is 30.4. The van der Waals surface area contributed by atoms with Crippen molar-refractivity contribution in [3.05, 3.63) is 0 Å². The number of carbonyl (C=O) groups excluding carboxylic acids is 2. The van der Waals surface area contributed by atoms with E-state index in [1.807, 2.05) is 0 Å². The van der Waals surface area contributed by atoms with Crippen LogP contribution >= 0.6 is 7.82 Å². The topological polar surface area (TPSA) is 605 Å². The zero-order valence-corrected chi connectivity index (χ0v) is 65.3. The highest BCUT2D eigenvalue weighted by Gasteiger charge is 2.59. The molecule has 0 bridgehead atoms. The van der Waals surface area contributed by atoms with Gasteiger partial charge in [0.05, 0.1) is 39.6 Å². The first kappa shape index (κ1) is 98.7. The van der Waals surface area contributed by atoms with Gasteiger partial charge in [-0.1, -0.05) is 181 Å². The Morgan fingerprint density at radius 3 is 0.920 bits per heavy atom. The smallest absolute Gasteiger partial charge is 0.462 e. The predicted molar refractivity (Wildman–Crippen MR) is 385 cm³/mol. The zero-order valence-electron chi connectivity index (χ0n) is 64.4. The van der Waals surface area contributed by atoms with Gasteiger partial charge in [0.25, 0.3) is 0 Å². The molecule has 0 aromatic rings. The summed E-state index contributed by atoms with van der Waals surface area (Å²) in [6.45, 7) is -1.88. The van der Waals surface area contributed by atoms with Gasteiger partial charge in [-0.25, -0.2) is 4.57 Å². The molecule has 0 aromatic carbocycles. The van der Waals surface area contributed by atoms with Crippen LogP contribution in [-0.2, 0) is 80.0 Å². The average molecular weight is 1650 g/mol. The molecule has 6 aliphatic rings. The summed E-state index contributed by atoms with van der Waals surface area (Å²) in [5.74, 6) is -1.47. The number of ether oxygens (including phenoxy) is 12. The Kier molecular flexibility index (Phi) is 45.3. The number of phosphoric acid groups is 1. The summed E-state index contributed by atoms with van der Waals surface area (Å²) < 4.78 is 92.9. The molecule has 0 radical (unpaired) electrons. The molecule has 1 aliphatic carbocycles. The highest BCUT2D eigenvalue weighted by molar-refractivity contribution is 7.47. The standard InChI is InChI=1S/C73H133O38P/c1-3-5-7-9-11-13-15-17-18-20-22-24-26-28-30-32-47(77)103-40(35-98-46(76)31-29-27-25-23-21-19-16-14-12-10-8-6-4-2)36-102-112(96,97)111-68-66(109-72-64(94)54(84)49(79)42(34-75)105-72)59(89)58(88)60(90)67(68)110-73-65(95)57(87)52(82)45(108-73)39-101-71-63(93)56(86)51(81)44(107-71)38-100-70-62(92)55(85)50(80)43(106-70)37-99-69-61(91)53(83)48(78)41(33-74)104-69/h40-45,48-75,78-95H,3-39H2,1-2H3,(H,96,97)/t40-,41?,42?,43?,44?,45?,48+,49-,50+,51+,52+,53?,54?,55?,56?,57?,58+,59?,60?,61+,62+,63+,64-,65+,66-,67?,68+,69-,70-,71-,72-,73+/m1/s1. The number of esters is 2. The third kappa shape index (κ3) is 30.5. The van der Waals surface area contributed by atoms with E-state index in [1.165, 1.54) is 96.3 Å². The summed E-state index contributed by atoms with van der Waals surface area (Å²) in [6.07, 6.45) is -36.7. The fraction of sp³-hybridized carbons (Fsp3) is 0.973. The van der Waals surface area contributed by atoms with E-state index < -0.39 is 262 Å². The van der Waals surface area contributed by atoms with Gasteiger partial charge in [0.15, 0.2) is 37.6 Å². The van der Waals surface area contributed by atoms with Crippen LogP contribution in [0.25, 0.3) is 0 Å². The third-order valence-electron chi connectivity index (χ3n) is 21.5. The van der Waals surface area contributed by atoms with Crippen molar-refractivity contribution in [3.8, 4) is 0 Å². The van der Waals surface area contributed by atoms with Gasteiger partial charge in [-0.3, -0.25) is 18.6 Å². The van der Waals surface area contributed by atoms with Crippen LogP contribution in [0.5, 0.6) is 0 Å². The summed E-state index contributed by atoms with van der Waals surface area (Å²) in [7, 11) is -5.85. The van der Waals surface area contributed by atoms with Gasteiger partial charge in [-0.2, -0.15) is 0 Å². The van der Waals surface area contributed by atoms with Gasteiger partial charge in [0, 0.05) is 12.8 Å². The van der Waals surface area contributed by atoms with E-state index in [0.29, 0.717) is 19.3 Å². The Morgan fingerprint density at radius 1 is 0.321 bits per heavy atom. The second-order valence-corrected chi connectivity index (χ2v) is 31.8. The fourth-order valence-corrected chi connectivity index (χ4v) is 15.3. The molecule has 0 aromatic heterocycles. The van der Waals surface area contributed by atoms with E-state index in [9.17, 15) is 121 Å². The van der Waals surface area contributed by atoms with Crippen molar-refractivity contribution in [3.63, 3.8) is 0 Å². The highest BCUT2D eigenvalue weighted by Crippen LogP contribution is 2.49. The monoisotopic (exact) mass is 1650 g/mol. The summed E-state index contributed by atoms with van der Waals surface area (Å²) in [5.41, 5.74) is 0. The molecule has 5 aliphatic heterocycles. The maximum absolute atomic E-state index is 14.5. The number of unbranched alkanes of at least 4 members (excludes halogenated alkanes) is 26. The van der Waals surface area contributed by atoms with E-state index >= 15 is 0 Å². The Hall–Kier alpha value is -2.15. The van der Waals surface area contributed by atoms with Gasteiger partial charge in [-0.15, -0.1) is 0 Å². The van der Waals surface area contributed by atoms with Crippen molar-refractivity contribution in [1.29, 1.82) is 0 Å². The van der Waals surface area contributed by atoms with Crippen molar-refractivity contribution >= 4 is 19.8 Å². The van der Waals surface area contributed by atoms with Crippen molar-refractivity contribution < 1.29 is 187 Å². The first-order chi connectivity index (χ1) is 53.5. The molecule has 21 N–H and O–H groups in total. The maximum atomic E-state index is 14.5. The largest absolute Gasteiger partial charge is 0.472 e. The molecular weight excluding hydrogens is 1520 g/mol. The van der Waals surface area contributed by atoms with Crippen LogP contribution in [0.15, 0.2) is 0 Å². The lowest BCUT2D eigenvalue weighted by Gasteiger charge is -2.49. The van der Waals surface area contributed by atoms with Crippen LogP contribution in [0.2, 0.25) is 0 Å². The number of aliphatic hydroxyl groups excluding tert-OH is 20. The van der Waals surface area contributed by atoms with E-state index in [0.717, 1.165) is 64.2 Å². The summed E-state index contributed by atoms with van der Waals surface area (Å²) in [6, 6.07) is 0. The number of hydrogen-bond acceptors (Lipinski definition) is 37. The molecule has 658 valence electrons. The summed E-state index contributed by atoms with van der Waals surface area (Å²) >= 11 is 0. The SMILES string of the molecule is CCCCCCCCCCCCCCCCCC(=O)O[C@H](COC(=O)CCCCCCCCCCCCCCC)COP(=O)(O)O[C@@H]1C(O[C@@H]2OC(CO[C@@H]3OC(CO[C@@H]4OC(CO[C@@H]5OC(CO)[C@H](O)C(O)[C@@H]5O)[C@H](O)C(O)[C@@H]4O)[C@H](O)C(O)[C@@H]3O)[C@H](O)C(O)[C@@H]2O)C(O)[C@@H](O)C(O)[C@H]1O[C@H]1OC(CO)[C@@H](O)C(O)[C@H]1O. The minimum atomic E-state index is -5.85. The Bertz CT molecular complexity index is 2590. The maximum Gasteiger partial charge on any atom is 0.472 e. The number of hydrogen-bond donors (Lipinski definition) is 21. The lowest BCUT2D eigenvalue weighted by Crippen LogP contribution is -2.69. The normalized spacial score (nSPS) is 38.2. The van der Waals surface area contributed by atoms with Crippen molar-refractivity contribution in [2.45, 2.75) is 403 Å². The van der Waals surface area contributed by atoms with Gasteiger partial charge < -0.3 is 164 Å². The Balaban J connectivity index is 1.13. The predicted octanol–water partition coefficient (Wildman–Crippen LogP) is -2.37. The molecule has 39 heteroatoms. The van der Waals surface area contributed by atoms with Gasteiger partial charge in [0.2, 0.25) is 0 Å². The van der Waals surface area contributed by atoms with Gasteiger partial charge >= 0.3 is 19.8 Å². The van der Waals surface area contributed by atoms with Crippen LogP contribution in [0.4, 0.5) is 0 Å². The molecule has 6 fully saturated rings. The van der Waals surface area contributed by atoms with E-state index in [-0.39, 0.29) is 12.8 Å². The quantitative estimate of drug-likeness (QED) is 0.0172. The highest BCUT2D eigenvalue weighted by atomic mass is 31.2. The first-order valence-corrected chi connectivity index (χ1v) is 41.9. The molecular formula is C73H133O38P.